The first-order valence-corrected chi connectivity index (χ1v) is 12.4. The number of amides is 1. The Bertz CT molecular complexity index is 1420. The number of carbonyl (C=O) groups is 1. The summed E-state index contributed by atoms with van der Waals surface area (Å²) in [5, 5.41) is 12.0. The molecule has 4 aromatic rings. The molecule has 3 aromatic heterocycles. The van der Waals surface area contributed by atoms with Crippen LogP contribution in [0.25, 0.3) is 11.0 Å². The lowest BCUT2D eigenvalue weighted by Crippen LogP contribution is -2.40. The lowest BCUT2D eigenvalue weighted by molar-refractivity contribution is -0.605. The van der Waals surface area contributed by atoms with Gasteiger partial charge in [0.25, 0.3) is 11.5 Å². The Morgan fingerprint density at radius 2 is 1.89 bits per heavy atom. The molecular formula is C28H29N5O3. The highest BCUT2D eigenvalue weighted by molar-refractivity contribution is 5.94. The van der Waals surface area contributed by atoms with Crippen LogP contribution in [-0.4, -0.2) is 31.9 Å². The van der Waals surface area contributed by atoms with Crippen molar-refractivity contribution < 1.29 is 9.52 Å². The molecule has 1 atom stereocenters. The van der Waals surface area contributed by atoms with Gasteiger partial charge in [0.2, 0.25) is 0 Å². The Balaban J connectivity index is 1.62. The van der Waals surface area contributed by atoms with E-state index in [0.29, 0.717) is 52.6 Å². The number of pyridine rings is 2. The van der Waals surface area contributed by atoms with E-state index < -0.39 is 6.04 Å². The average Bonchev–Trinajstić information content (AvgIpc) is 3.74. The molecule has 5 rings (SSSR count). The third kappa shape index (κ3) is 4.98. The Kier molecular flexibility index (Phi) is 6.75. The van der Waals surface area contributed by atoms with Gasteiger partial charge in [-0.2, -0.15) is 4.73 Å². The maximum atomic E-state index is 13.8. The monoisotopic (exact) mass is 483 g/mol. The van der Waals surface area contributed by atoms with Crippen LogP contribution in [0.15, 0.2) is 78.0 Å². The smallest absolute Gasteiger partial charge is 0.263 e. The van der Waals surface area contributed by atoms with Gasteiger partial charge in [0.1, 0.15) is 5.82 Å². The second-order valence-electron chi connectivity index (χ2n) is 9.32. The predicted molar refractivity (Wildman–Crippen MR) is 136 cm³/mol. The fraction of sp³-hybridized carbons (Fsp3) is 0.321. The van der Waals surface area contributed by atoms with Crippen LogP contribution in [0.4, 0.5) is 0 Å². The summed E-state index contributed by atoms with van der Waals surface area (Å²) in [5.74, 6) is 0.969. The Hall–Kier alpha value is -4.07. The van der Waals surface area contributed by atoms with Gasteiger partial charge in [-0.15, -0.1) is 0 Å². The molecule has 1 saturated carbocycles. The van der Waals surface area contributed by atoms with Gasteiger partial charge in [0.05, 0.1) is 23.5 Å². The van der Waals surface area contributed by atoms with Crippen molar-refractivity contribution >= 4 is 16.9 Å². The maximum absolute atomic E-state index is 13.8. The van der Waals surface area contributed by atoms with Gasteiger partial charge in [0.15, 0.2) is 18.0 Å². The fourth-order valence-electron chi connectivity index (χ4n) is 4.64. The van der Waals surface area contributed by atoms with E-state index in [-0.39, 0.29) is 11.5 Å². The van der Waals surface area contributed by atoms with Crippen LogP contribution in [0, 0.1) is 11.1 Å². The molecule has 0 aliphatic heterocycles. The summed E-state index contributed by atoms with van der Waals surface area (Å²) in [7, 11) is 0. The molecule has 1 amide bonds. The highest BCUT2D eigenvalue weighted by Gasteiger charge is 2.31. The van der Waals surface area contributed by atoms with E-state index in [4.69, 9.17) is 4.98 Å². The van der Waals surface area contributed by atoms with Crippen LogP contribution in [0.1, 0.15) is 60.4 Å². The molecule has 1 aromatic carbocycles. The summed E-state index contributed by atoms with van der Waals surface area (Å²) >= 11 is 0. The van der Waals surface area contributed by atoms with Crippen molar-refractivity contribution in [3.8, 4) is 0 Å². The van der Waals surface area contributed by atoms with Crippen molar-refractivity contribution in [2.24, 2.45) is 5.92 Å². The molecule has 0 bridgehead atoms. The third-order valence-corrected chi connectivity index (χ3v) is 6.79. The van der Waals surface area contributed by atoms with E-state index in [0.717, 1.165) is 12.0 Å². The number of rotatable bonds is 9. The number of aromatic nitrogens is 4. The maximum Gasteiger partial charge on any atom is 0.263 e. The molecule has 0 radical (unpaired) electrons. The fourth-order valence-corrected chi connectivity index (χ4v) is 4.64. The number of hydrogen-bond donors (Lipinski definition) is 0. The SMILES string of the molecule is CCC(c1nc2ncccc2c(=O)n1Cc1ccccc1)N(CCC1CC1)C(=O)c1cc[n+]([O-])cc1. The van der Waals surface area contributed by atoms with Crippen molar-refractivity contribution in [3.63, 3.8) is 0 Å². The van der Waals surface area contributed by atoms with E-state index in [1.807, 2.05) is 42.2 Å². The molecule has 0 saturated heterocycles. The lowest BCUT2D eigenvalue weighted by atomic mass is 10.1. The van der Waals surface area contributed by atoms with Gasteiger partial charge in [-0.25, -0.2) is 9.97 Å². The topological polar surface area (TPSA) is 95.0 Å². The minimum absolute atomic E-state index is 0.174. The van der Waals surface area contributed by atoms with E-state index >= 15 is 0 Å². The van der Waals surface area contributed by atoms with Crippen LogP contribution in [0.5, 0.6) is 0 Å². The van der Waals surface area contributed by atoms with Crippen LogP contribution in [0.3, 0.4) is 0 Å². The van der Waals surface area contributed by atoms with Gasteiger partial charge < -0.3 is 10.1 Å². The number of fused-ring (bicyclic) bond motifs is 1. The summed E-state index contributed by atoms with van der Waals surface area (Å²) < 4.78 is 2.35. The van der Waals surface area contributed by atoms with Gasteiger partial charge in [-0.3, -0.25) is 14.2 Å². The molecule has 8 heteroatoms. The summed E-state index contributed by atoms with van der Waals surface area (Å²) in [5.41, 5.74) is 1.61. The third-order valence-electron chi connectivity index (χ3n) is 6.79. The number of carbonyl (C=O) groups excluding carboxylic acids is 1. The van der Waals surface area contributed by atoms with Crippen molar-refractivity contribution in [2.45, 2.75) is 45.2 Å². The van der Waals surface area contributed by atoms with Crippen molar-refractivity contribution in [1.82, 2.24) is 19.4 Å². The van der Waals surface area contributed by atoms with E-state index in [9.17, 15) is 14.8 Å². The molecule has 8 nitrogen and oxygen atoms in total. The minimum Gasteiger partial charge on any atom is -0.619 e. The average molecular weight is 484 g/mol. The first-order chi connectivity index (χ1) is 17.5. The molecular weight excluding hydrogens is 454 g/mol. The zero-order valence-corrected chi connectivity index (χ0v) is 20.3. The second kappa shape index (κ2) is 10.3. The van der Waals surface area contributed by atoms with E-state index in [1.54, 1.807) is 35.0 Å². The molecule has 0 N–H and O–H groups in total. The van der Waals surface area contributed by atoms with Gasteiger partial charge in [-0.05, 0) is 36.5 Å². The molecule has 1 aliphatic rings. The number of nitrogens with zero attached hydrogens (tertiary/aromatic N) is 5. The van der Waals surface area contributed by atoms with E-state index in [1.165, 1.54) is 25.2 Å². The number of hydrogen-bond acceptors (Lipinski definition) is 5. The zero-order valence-electron chi connectivity index (χ0n) is 20.3. The lowest BCUT2D eigenvalue weighted by Gasteiger charge is -2.32. The van der Waals surface area contributed by atoms with Gasteiger partial charge in [0, 0.05) is 24.9 Å². The highest BCUT2D eigenvalue weighted by Crippen LogP contribution is 2.34. The van der Waals surface area contributed by atoms with Crippen molar-refractivity contribution in [1.29, 1.82) is 0 Å². The van der Waals surface area contributed by atoms with Gasteiger partial charge in [-0.1, -0.05) is 50.1 Å². The number of benzene rings is 1. The summed E-state index contributed by atoms with van der Waals surface area (Å²) in [4.78, 5) is 38.5. The molecule has 1 fully saturated rings. The molecule has 1 aliphatic carbocycles. The van der Waals surface area contributed by atoms with Crippen molar-refractivity contribution in [2.75, 3.05) is 6.54 Å². The normalized spacial score (nSPS) is 14.0. The Morgan fingerprint density at radius 1 is 1.14 bits per heavy atom. The van der Waals surface area contributed by atoms with Crippen LogP contribution in [-0.2, 0) is 6.54 Å². The van der Waals surface area contributed by atoms with Gasteiger partial charge >= 0.3 is 0 Å². The molecule has 1 unspecified atom stereocenters. The quantitative estimate of drug-likeness (QED) is 0.266. The van der Waals surface area contributed by atoms with Crippen LogP contribution in [0.2, 0.25) is 0 Å². The first-order valence-electron chi connectivity index (χ1n) is 12.4. The largest absolute Gasteiger partial charge is 0.619 e. The predicted octanol–water partition coefficient (Wildman–Crippen LogP) is 3.87. The second-order valence-corrected chi connectivity index (χ2v) is 9.32. The minimum atomic E-state index is -0.432. The molecule has 3 heterocycles. The zero-order chi connectivity index (χ0) is 25.1. The first kappa shape index (κ1) is 23.7. The highest BCUT2D eigenvalue weighted by atomic mass is 16.5. The summed E-state index contributed by atoms with van der Waals surface area (Å²) in [6, 6.07) is 15.9. The Labute approximate surface area is 209 Å². The molecule has 184 valence electrons. The van der Waals surface area contributed by atoms with Crippen LogP contribution < -0.4 is 10.3 Å². The molecule has 36 heavy (non-hydrogen) atoms. The van der Waals surface area contributed by atoms with Crippen molar-refractivity contribution in [3.05, 3.63) is 106 Å². The summed E-state index contributed by atoms with van der Waals surface area (Å²) in [6.45, 7) is 2.89. The van der Waals surface area contributed by atoms with Crippen LogP contribution >= 0.6 is 0 Å². The summed E-state index contributed by atoms with van der Waals surface area (Å²) in [6.07, 6.45) is 8.11. The Morgan fingerprint density at radius 3 is 2.58 bits per heavy atom. The standard InChI is InChI=1S/C28H29N5O3/c1-2-24(32(18-12-20-10-11-20)27(34)22-13-16-31(36)17-14-22)26-30-25-23(9-6-15-29-25)28(35)33(26)19-21-7-4-3-5-8-21/h3-9,13-17,20,24H,2,10-12,18-19H2,1H3. The molecule has 0 spiro atoms. The van der Waals surface area contributed by atoms with E-state index in [2.05, 4.69) is 4.98 Å².